The van der Waals surface area contributed by atoms with Gasteiger partial charge >= 0.3 is 5.97 Å². The van der Waals surface area contributed by atoms with E-state index in [1.807, 2.05) is 27.7 Å². The van der Waals surface area contributed by atoms with E-state index in [4.69, 9.17) is 9.47 Å². The zero-order valence-corrected chi connectivity index (χ0v) is 17.2. The van der Waals surface area contributed by atoms with Crippen molar-refractivity contribution in [3.63, 3.8) is 0 Å². The quantitative estimate of drug-likeness (QED) is 0.283. The zero-order valence-electron chi connectivity index (χ0n) is 17.2. The molecule has 146 valence electrons. The minimum absolute atomic E-state index is 0.107. The van der Waals surface area contributed by atoms with Crippen molar-refractivity contribution in [2.45, 2.75) is 104 Å². The van der Waals surface area contributed by atoms with E-state index in [1.165, 1.54) is 12.5 Å². The Kier molecular flexibility index (Phi) is 6.49. The van der Waals surface area contributed by atoms with E-state index in [2.05, 4.69) is 13.0 Å². The van der Waals surface area contributed by atoms with E-state index >= 15 is 0 Å². The van der Waals surface area contributed by atoms with Crippen LogP contribution in [0.1, 0.15) is 86.5 Å². The summed E-state index contributed by atoms with van der Waals surface area (Å²) in [5.41, 5.74) is 2.34. The molecule has 0 aromatic rings. The van der Waals surface area contributed by atoms with Gasteiger partial charge in [-0.2, -0.15) is 0 Å². The molecule has 0 N–H and O–H groups in total. The van der Waals surface area contributed by atoms with Crippen LogP contribution in [-0.4, -0.2) is 29.1 Å². The number of allylic oxidation sites excluding steroid dienone is 3. The van der Waals surface area contributed by atoms with Gasteiger partial charge in [0.15, 0.2) is 5.78 Å². The Hall–Kier alpha value is -1.42. The normalized spacial score (nSPS) is 33.6. The molecule has 4 nitrogen and oxygen atoms in total. The molecule has 1 saturated heterocycles. The second-order valence-electron chi connectivity index (χ2n) is 8.64. The van der Waals surface area contributed by atoms with Crippen molar-refractivity contribution < 1.29 is 19.1 Å². The Labute approximate surface area is 158 Å². The third kappa shape index (κ3) is 5.29. The molecule has 0 spiro atoms. The molecule has 0 bridgehead atoms. The van der Waals surface area contributed by atoms with E-state index in [-0.39, 0.29) is 23.5 Å². The molecule has 2 aliphatic rings. The summed E-state index contributed by atoms with van der Waals surface area (Å²) in [5.74, 6) is -0.153. The summed E-state index contributed by atoms with van der Waals surface area (Å²) < 4.78 is 11.5. The van der Waals surface area contributed by atoms with Gasteiger partial charge in [0.1, 0.15) is 17.3 Å². The van der Waals surface area contributed by atoms with Gasteiger partial charge in [-0.25, -0.2) is 0 Å². The highest BCUT2D eigenvalue weighted by molar-refractivity contribution is 6.01. The minimum Gasteiger partial charge on any atom is -0.460 e. The van der Waals surface area contributed by atoms with E-state index in [0.29, 0.717) is 12.8 Å². The van der Waals surface area contributed by atoms with Gasteiger partial charge in [-0.3, -0.25) is 9.59 Å². The summed E-state index contributed by atoms with van der Waals surface area (Å²) in [6.45, 7) is 11.6. The molecule has 0 aromatic carbocycles. The standard InChI is InChI=1S/C22H34O4/c1-15(2)18-11-14-21(5,25-17(4)23)12-7-9-16(3)10-8-13-22(6)20(26-22)19(18)24/h10,20H,7-9,11-14H2,1-6H3/t20-,21-,22-/m0/s1. The molecule has 0 unspecified atom stereocenters. The fourth-order valence-corrected chi connectivity index (χ4v) is 3.95. The van der Waals surface area contributed by atoms with Crippen molar-refractivity contribution in [1.29, 1.82) is 0 Å². The maximum Gasteiger partial charge on any atom is 0.303 e. The molecule has 2 rings (SSSR count). The van der Waals surface area contributed by atoms with Crippen LogP contribution in [-0.2, 0) is 19.1 Å². The van der Waals surface area contributed by atoms with Crippen LogP contribution in [0.25, 0.3) is 0 Å². The van der Waals surface area contributed by atoms with Crippen molar-refractivity contribution in [3.05, 3.63) is 22.8 Å². The van der Waals surface area contributed by atoms with E-state index in [0.717, 1.165) is 43.3 Å². The van der Waals surface area contributed by atoms with Crippen LogP contribution in [0.3, 0.4) is 0 Å². The van der Waals surface area contributed by atoms with Crippen LogP contribution in [0.4, 0.5) is 0 Å². The highest BCUT2D eigenvalue weighted by Gasteiger charge is 2.56. The van der Waals surface area contributed by atoms with Crippen LogP contribution >= 0.6 is 0 Å². The molecule has 0 aromatic heterocycles. The van der Waals surface area contributed by atoms with Gasteiger partial charge in [0.2, 0.25) is 0 Å². The van der Waals surface area contributed by atoms with Gasteiger partial charge in [0, 0.05) is 6.92 Å². The Morgan fingerprint density at radius 1 is 1.15 bits per heavy atom. The third-order valence-corrected chi connectivity index (χ3v) is 5.73. The first-order valence-corrected chi connectivity index (χ1v) is 9.80. The predicted molar refractivity (Wildman–Crippen MR) is 103 cm³/mol. The smallest absolute Gasteiger partial charge is 0.303 e. The lowest BCUT2D eigenvalue weighted by atomic mass is 9.85. The molecule has 0 amide bonds. The zero-order chi connectivity index (χ0) is 19.5. The Balaban J connectivity index is 2.25. The van der Waals surface area contributed by atoms with Gasteiger partial charge in [0.05, 0.1) is 0 Å². The summed E-state index contributed by atoms with van der Waals surface area (Å²) in [7, 11) is 0. The second kappa shape index (κ2) is 8.08. The molecule has 0 radical (unpaired) electrons. The molecule has 1 aliphatic heterocycles. The van der Waals surface area contributed by atoms with Crippen molar-refractivity contribution in [3.8, 4) is 0 Å². The lowest BCUT2D eigenvalue weighted by molar-refractivity contribution is -0.156. The monoisotopic (exact) mass is 362 g/mol. The molecule has 0 saturated carbocycles. The van der Waals surface area contributed by atoms with E-state index < -0.39 is 5.60 Å². The number of fused-ring (bicyclic) bond motifs is 1. The fraction of sp³-hybridized carbons (Fsp3) is 0.727. The first-order chi connectivity index (χ1) is 12.1. The number of carbonyl (C=O) groups excluding carboxylic acids is 2. The summed E-state index contributed by atoms with van der Waals surface area (Å²) in [4.78, 5) is 24.6. The first kappa shape index (κ1) is 20.9. The first-order valence-electron chi connectivity index (χ1n) is 9.80. The maximum absolute atomic E-state index is 13.0. The second-order valence-corrected chi connectivity index (χ2v) is 8.64. The number of carbonyl (C=O) groups is 2. The van der Waals surface area contributed by atoms with Crippen LogP contribution < -0.4 is 0 Å². The molecule has 3 atom stereocenters. The summed E-state index contributed by atoms with van der Waals surface area (Å²) in [6, 6.07) is 0. The number of esters is 1. The number of hydrogen-bond acceptors (Lipinski definition) is 4. The minimum atomic E-state index is -0.537. The van der Waals surface area contributed by atoms with Gasteiger partial charge in [-0.15, -0.1) is 0 Å². The number of rotatable bonds is 1. The highest BCUT2D eigenvalue weighted by atomic mass is 16.6. The molecular weight excluding hydrogens is 328 g/mol. The summed E-state index contributed by atoms with van der Waals surface area (Å²) in [6.07, 6.45) is 7.79. The van der Waals surface area contributed by atoms with Crippen LogP contribution in [0.15, 0.2) is 22.8 Å². The fourth-order valence-electron chi connectivity index (χ4n) is 3.95. The Bertz CT molecular complexity index is 626. The van der Waals surface area contributed by atoms with Crippen molar-refractivity contribution in [2.24, 2.45) is 0 Å². The highest BCUT2D eigenvalue weighted by Crippen LogP contribution is 2.43. The number of ether oxygens (including phenoxy) is 2. The predicted octanol–water partition coefficient (Wildman–Crippen LogP) is 5.06. The summed E-state index contributed by atoms with van der Waals surface area (Å²) in [5, 5.41) is 0. The Morgan fingerprint density at radius 3 is 2.46 bits per heavy atom. The van der Waals surface area contributed by atoms with Crippen LogP contribution in [0, 0.1) is 0 Å². The lowest BCUT2D eigenvalue weighted by Crippen LogP contribution is -2.32. The van der Waals surface area contributed by atoms with E-state index in [9.17, 15) is 9.59 Å². The van der Waals surface area contributed by atoms with Crippen molar-refractivity contribution >= 4 is 11.8 Å². The topological polar surface area (TPSA) is 55.9 Å². The molecular formula is C22H34O4. The van der Waals surface area contributed by atoms with Gasteiger partial charge in [0.25, 0.3) is 0 Å². The average molecular weight is 363 g/mol. The van der Waals surface area contributed by atoms with Crippen LogP contribution in [0.5, 0.6) is 0 Å². The number of Topliss-reactive ketones (excluding diaryl/α,β-unsaturated/α-hetero) is 1. The summed E-state index contributed by atoms with van der Waals surface area (Å²) >= 11 is 0. The van der Waals surface area contributed by atoms with E-state index in [1.54, 1.807) is 0 Å². The molecule has 1 fully saturated rings. The SMILES string of the molecule is CC(=O)O[C@@]1(C)CCCC(C)=CCC[C@]2(C)O[C@H]2C(=O)C(=C(C)C)CC1. The lowest BCUT2D eigenvalue weighted by Gasteiger charge is -2.30. The molecule has 1 heterocycles. The molecule has 4 heteroatoms. The molecule has 26 heavy (non-hydrogen) atoms. The average Bonchev–Trinajstić information content (AvgIpc) is 3.17. The largest absolute Gasteiger partial charge is 0.460 e. The Morgan fingerprint density at radius 2 is 1.85 bits per heavy atom. The van der Waals surface area contributed by atoms with Crippen molar-refractivity contribution in [2.75, 3.05) is 0 Å². The number of ketones is 1. The van der Waals surface area contributed by atoms with Gasteiger partial charge in [-0.05, 0) is 85.1 Å². The third-order valence-electron chi connectivity index (χ3n) is 5.73. The molecule has 1 aliphatic carbocycles. The van der Waals surface area contributed by atoms with Gasteiger partial charge in [-0.1, -0.05) is 17.2 Å². The number of epoxide rings is 1. The maximum atomic E-state index is 13.0. The van der Waals surface area contributed by atoms with Crippen LogP contribution in [0.2, 0.25) is 0 Å². The van der Waals surface area contributed by atoms with Gasteiger partial charge < -0.3 is 9.47 Å². The number of hydrogen-bond donors (Lipinski definition) is 0. The van der Waals surface area contributed by atoms with Crippen molar-refractivity contribution in [1.82, 2.24) is 0 Å².